The van der Waals surface area contributed by atoms with Crippen molar-refractivity contribution < 1.29 is 4.74 Å². The van der Waals surface area contributed by atoms with Gasteiger partial charge in [-0.3, -0.25) is 0 Å². The van der Waals surface area contributed by atoms with Gasteiger partial charge in [0.25, 0.3) is 0 Å². The minimum absolute atomic E-state index is 0. The van der Waals surface area contributed by atoms with Crippen LogP contribution in [0.5, 0.6) is 5.75 Å². The second-order valence-electron chi connectivity index (χ2n) is 5.39. The van der Waals surface area contributed by atoms with E-state index in [1.165, 1.54) is 11.1 Å². The highest BCUT2D eigenvalue weighted by Gasteiger charge is 2.01. The summed E-state index contributed by atoms with van der Waals surface area (Å²) in [6.07, 6.45) is 0. The molecular weight excluding hydrogens is 413 g/mol. The molecular formula is C19H26IN3O. The van der Waals surface area contributed by atoms with Gasteiger partial charge in [0, 0.05) is 13.1 Å². The van der Waals surface area contributed by atoms with Gasteiger partial charge in [0.05, 0.1) is 13.7 Å². The first-order valence-electron chi connectivity index (χ1n) is 7.92. The molecule has 0 aliphatic carbocycles. The molecule has 2 N–H and O–H groups in total. The van der Waals surface area contributed by atoms with Crippen LogP contribution >= 0.6 is 24.0 Å². The zero-order chi connectivity index (χ0) is 16.5. The maximum Gasteiger partial charge on any atom is 0.191 e. The summed E-state index contributed by atoms with van der Waals surface area (Å²) in [7, 11) is 1.69. The SMILES string of the molecule is CCNC(=NCc1cc(C)cc(OC)c1)NCc1ccccc1.I. The number of methoxy groups -OCH3 is 1. The summed E-state index contributed by atoms with van der Waals surface area (Å²) < 4.78 is 5.32. The largest absolute Gasteiger partial charge is 0.497 e. The van der Waals surface area contributed by atoms with Crippen LogP contribution in [0.25, 0.3) is 0 Å². The zero-order valence-corrected chi connectivity index (χ0v) is 16.8. The summed E-state index contributed by atoms with van der Waals surface area (Å²) in [6, 6.07) is 16.5. The van der Waals surface area contributed by atoms with E-state index < -0.39 is 0 Å². The number of nitrogens with one attached hydrogen (secondary N) is 2. The minimum atomic E-state index is 0. The number of ether oxygens (including phenoxy) is 1. The van der Waals surface area contributed by atoms with Crippen LogP contribution < -0.4 is 15.4 Å². The summed E-state index contributed by atoms with van der Waals surface area (Å²) in [5.41, 5.74) is 3.55. The smallest absolute Gasteiger partial charge is 0.191 e. The number of aliphatic imine (C=N–C) groups is 1. The van der Waals surface area contributed by atoms with Crippen LogP contribution in [-0.4, -0.2) is 19.6 Å². The molecule has 0 saturated carbocycles. The maximum atomic E-state index is 5.32. The van der Waals surface area contributed by atoms with Crippen molar-refractivity contribution in [3.63, 3.8) is 0 Å². The number of hydrogen-bond donors (Lipinski definition) is 2. The van der Waals surface area contributed by atoms with Crippen molar-refractivity contribution in [1.82, 2.24) is 10.6 Å². The topological polar surface area (TPSA) is 45.7 Å². The summed E-state index contributed by atoms with van der Waals surface area (Å²) in [5, 5.41) is 6.63. The molecule has 0 bridgehead atoms. The molecule has 0 atom stereocenters. The van der Waals surface area contributed by atoms with Crippen LogP contribution in [0.15, 0.2) is 53.5 Å². The fourth-order valence-corrected chi connectivity index (χ4v) is 2.33. The second-order valence-corrected chi connectivity index (χ2v) is 5.39. The first kappa shape index (κ1) is 20.3. The van der Waals surface area contributed by atoms with Crippen LogP contribution in [0, 0.1) is 6.92 Å². The second kappa shape index (κ2) is 10.9. The van der Waals surface area contributed by atoms with Gasteiger partial charge < -0.3 is 15.4 Å². The van der Waals surface area contributed by atoms with E-state index in [-0.39, 0.29) is 24.0 Å². The van der Waals surface area contributed by atoms with Crippen molar-refractivity contribution in [2.24, 2.45) is 4.99 Å². The van der Waals surface area contributed by atoms with Gasteiger partial charge in [-0.25, -0.2) is 4.99 Å². The predicted molar refractivity (Wildman–Crippen MR) is 111 cm³/mol. The molecule has 0 unspecified atom stereocenters. The lowest BCUT2D eigenvalue weighted by Gasteiger charge is -2.12. The van der Waals surface area contributed by atoms with Crippen molar-refractivity contribution in [3.8, 4) is 5.75 Å². The normalized spacial score (nSPS) is 10.7. The van der Waals surface area contributed by atoms with Gasteiger partial charge in [-0.1, -0.05) is 36.4 Å². The third-order valence-electron chi connectivity index (χ3n) is 3.41. The molecule has 4 nitrogen and oxygen atoms in total. The Hall–Kier alpha value is -1.76. The molecule has 0 aliphatic heterocycles. The minimum Gasteiger partial charge on any atom is -0.497 e. The first-order chi connectivity index (χ1) is 11.2. The predicted octanol–water partition coefficient (Wildman–Crippen LogP) is 3.88. The van der Waals surface area contributed by atoms with Crippen molar-refractivity contribution in [2.75, 3.05) is 13.7 Å². The van der Waals surface area contributed by atoms with Gasteiger partial charge in [0.2, 0.25) is 0 Å². The number of hydrogen-bond acceptors (Lipinski definition) is 2. The van der Waals surface area contributed by atoms with Crippen molar-refractivity contribution in [3.05, 3.63) is 65.2 Å². The molecule has 2 aromatic rings. The summed E-state index contributed by atoms with van der Waals surface area (Å²) in [4.78, 5) is 4.65. The molecule has 0 amide bonds. The quantitative estimate of drug-likeness (QED) is 0.408. The van der Waals surface area contributed by atoms with E-state index in [1.807, 2.05) is 30.3 Å². The molecule has 2 aromatic carbocycles. The van der Waals surface area contributed by atoms with E-state index in [2.05, 4.69) is 47.7 Å². The van der Waals surface area contributed by atoms with Gasteiger partial charge in [0.1, 0.15) is 5.75 Å². The average molecular weight is 439 g/mol. The van der Waals surface area contributed by atoms with Crippen LogP contribution in [0.1, 0.15) is 23.6 Å². The molecule has 0 aliphatic rings. The summed E-state index contributed by atoms with van der Waals surface area (Å²) in [6.45, 7) is 6.33. The number of nitrogens with zero attached hydrogens (tertiary/aromatic N) is 1. The van der Waals surface area contributed by atoms with Crippen LogP contribution in [0.3, 0.4) is 0 Å². The molecule has 0 fully saturated rings. The van der Waals surface area contributed by atoms with E-state index in [9.17, 15) is 0 Å². The monoisotopic (exact) mass is 439 g/mol. The standard InChI is InChI=1S/C19H25N3O.HI/c1-4-20-19(21-13-16-8-6-5-7-9-16)22-14-17-10-15(2)11-18(12-17)23-3;/h5-12H,4,13-14H2,1-3H3,(H2,20,21,22);1H. The molecule has 0 heterocycles. The lowest BCUT2D eigenvalue weighted by molar-refractivity contribution is 0.414. The van der Waals surface area contributed by atoms with Crippen LogP contribution in [0.4, 0.5) is 0 Å². The molecule has 24 heavy (non-hydrogen) atoms. The third kappa shape index (κ3) is 6.78. The van der Waals surface area contributed by atoms with Crippen LogP contribution in [0.2, 0.25) is 0 Å². The maximum absolute atomic E-state index is 5.32. The molecule has 0 radical (unpaired) electrons. The fourth-order valence-electron chi connectivity index (χ4n) is 2.33. The Labute approximate surface area is 161 Å². The number of aryl methyl sites for hydroxylation is 1. The highest BCUT2D eigenvalue weighted by atomic mass is 127. The Morgan fingerprint density at radius 2 is 1.79 bits per heavy atom. The van der Waals surface area contributed by atoms with Crippen molar-refractivity contribution >= 4 is 29.9 Å². The van der Waals surface area contributed by atoms with Gasteiger partial charge in [-0.2, -0.15) is 0 Å². The van der Waals surface area contributed by atoms with Crippen LogP contribution in [-0.2, 0) is 13.1 Å². The first-order valence-corrected chi connectivity index (χ1v) is 7.92. The summed E-state index contributed by atoms with van der Waals surface area (Å²) >= 11 is 0. The Morgan fingerprint density at radius 3 is 2.46 bits per heavy atom. The fraction of sp³-hybridized carbons (Fsp3) is 0.316. The molecule has 2 rings (SSSR count). The lowest BCUT2D eigenvalue weighted by Crippen LogP contribution is -2.36. The average Bonchev–Trinajstić information content (AvgIpc) is 2.57. The van der Waals surface area contributed by atoms with Gasteiger partial charge in [-0.05, 0) is 42.7 Å². The molecule has 0 spiro atoms. The van der Waals surface area contributed by atoms with E-state index in [0.717, 1.165) is 30.4 Å². The van der Waals surface area contributed by atoms with Crippen molar-refractivity contribution in [1.29, 1.82) is 0 Å². The van der Waals surface area contributed by atoms with E-state index in [4.69, 9.17) is 4.74 Å². The molecule has 130 valence electrons. The third-order valence-corrected chi connectivity index (χ3v) is 3.41. The zero-order valence-electron chi connectivity index (χ0n) is 14.5. The van der Waals surface area contributed by atoms with E-state index in [1.54, 1.807) is 7.11 Å². The van der Waals surface area contributed by atoms with Gasteiger partial charge in [0.15, 0.2) is 5.96 Å². The Morgan fingerprint density at radius 1 is 1.04 bits per heavy atom. The Bertz CT molecular complexity index is 644. The van der Waals surface area contributed by atoms with E-state index >= 15 is 0 Å². The Kier molecular flexibility index (Phi) is 9.22. The molecule has 0 aromatic heterocycles. The van der Waals surface area contributed by atoms with E-state index in [0.29, 0.717) is 6.54 Å². The Balaban J connectivity index is 0.00000288. The van der Waals surface area contributed by atoms with Gasteiger partial charge >= 0.3 is 0 Å². The number of rotatable bonds is 6. The number of halogens is 1. The van der Waals surface area contributed by atoms with Gasteiger partial charge in [-0.15, -0.1) is 24.0 Å². The lowest BCUT2D eigenvalue weighted by atomic mass is 10.1. The summed E-state index contributed by atoms with van der Waals surface area (Å²) in [5.74, 6) is 1.69. The van der Waals surface area contributed by atoms with Crippen molar-refractivity contribution in [2.45, 2.75) is 26.9 Å². The highest BCUT2D eigenvalue weighted by Crippen LogP contribution is 2.16. The molecule has 5 heteroatoms. The number of benzene rings is 2. The highest BCUT2D eigenvalue weighted by molar-refractivity contribution is 14.0. The molecule has 0 saturated heterocycles. The number of guanidine groups is 1.